The zero-order chi connectivity index (χ0) is 18.3. The van der Waals surface area contributed by atoms with E-state index < -0.39 is 10.0 Å². The lowest BCUT2D eigenvalue weighted by Gasteiger charge is -2.19. The van der Waals surface area contributed by atoms with E-state index in [1.54, 1.807) is 24.3 Å². The van der Waals surface area contributed by atoms with Crippen molar-refractivity contribution in [2.24, 2.45) is 5.73 Å². The van der Waals surface area contributed by atoms with Crippen LogP contribution in [-0.2, 0) is 10.0 Å². The third-order valence-corrected chi connectivity index (χ3v) is 5.61. The molecule has 0 saturated carbocycles. The molecule has 134 valence electrons. The second-order valence-electron chi connectivity index (χ2n) is 5.58. The summed E-state index contributed by atoms with van der Waals surface area (Å²) >= 11 is 0. The van der Waals surface area contributed by atoms with Gasteiger partial charge in [0.05, 0.1) is 10.6 Å². The number of hydrogen-bond donors (Lipinski definition) is 2. The SMILES string of the molecule is CN(c1ccccc1)S(=O)(=O)c1ccc(C(=O)NCCCCN)cc1. The fourth-order valence-corrected chi connectivity index (χ4v) is 3.48. The van der Waals surface area contributed by atoms with E-state index in [-0.39, 0.29) is 10.8 Å². The Kier molecular flexibility index (Phi) is 6.55. The summed E-state index contributed by atoms with van der Waals surface area (Å²) in [7, 11) is -2.17. The van der Waals surface area contributed by atoms with Gasteiger partial charge in [-0.1, -0.05) is 18.2 Å². The highest BCUT2D eigenvalue weighted by molar-refractivity contribution is 7.92. The third-order valence-electron chi connectivity index (χ3n) is 3.81. The Hall–Kier alpha value is -2.38. The molecule has 0 aromatic heterocycles. The van der Waals surface area contributed by atoms with E-state index >= 15 is 0 Å². The molecule has 2 aromatic rings. The summed E-state index contributed by atoms with van der Waals surface area (Å²) in [6.07, 6.45) is 1.67. The van der Waals surface area contributed by atoms with Crippen LogP contribution in [-0.4, -0.2) is 34.5 Å². The molecule has 0 saturated heterocycles. The molecule has 0 unspecified atom stereocenters. The lowest BCUT2D eigenvalue weighted by molar-refractivity contribution is 0.0953. The van der Waals surface area contributed by atoms with Crippen LogP contribution in [0.3, 0.4) is 0 Å². The largest absolute Gasteiger partial charge is 0.352 e. The molecule has 0 aliphatic heterocycles. The van der Waals surface area contributed by atoms with Gasteiger partial charge in [0.1, 0.15) is 0 Å². The molecule has 0 heterocycles. The van der Waals surface area contributed by atoms with Crippen LogP contribution in [0.25, 0.3) is 0 Å². The number of carbonyl (C=O) groups excluding carboxylic acids is 1. The Morgan fingerprint density at radius 3 is 2.28 bits per heavy atom. The molecular formula is C18H23N3O3S. The highest BCUT2D eigenvalue weighted by Crippen LogP contribution is 2.21. The minimum absolute atomic E-state index is 0.138. The average Bonchev–Trinajstić information content (AvgIpc) is 2.65. The molecule has 2 rings (SSSR count). The topological polar surface area (TPSA) is 92.5 Å². The Bertz CT molecular complexity index is 790. The summed E-state index contributed by atoms with van der Waals surface area (Å²) in [4.78, 5) is 12.2. The van der Waals surface area contributed by atoms with E-state index in [1.807, 2.05) is 6.07 Å². The second-order valence-corrected chi connectivity index (χ2v) is 7.55. The number of nitrogens with two attached hydrogens (primary N) is 1. The number of sulfonamides is 1. The number of rotatable bonds is 8. The maximum atomic E-state index is 12.7. The lowest BCUT2D eigenvalue weighted by atomic mass is 10.2. The molecule has 3 N–H and O–H groups in total. The first-order chi connectivity index (χ1) is 12.0. The van der Waals surface area contributed by atoms with Crippen molar-refractivity contribution in [1.82, 2.24) is 5.32 Å². The van der Waals surface area contributed by atoms with E-state index in [0.29, 0.717) is 24.3 Å². The summed E-state index contributed by atoms with van der Waals surface area (Å²) in [6, 6.07) is 14.8. The number of anilines is 1. The van der Waals surface area contributed by atoms with Crippen LogP contribution in [0.1, 0.15) is 23.2 Å². The van der Waals surface area contributed by atoms with Crippen molar-refractivity contribution in [2.75, 3.05) is 24.4 Å². The van der Waals surface area contributed by atoms with E-state index in [9.17, 15) is 13.2 Å². The number of hydrogen-bond acceptors (Lipinski definition) is 4. The molecule has 7 heteroatoms. The summed E-state index contributed by atoms with van der Waals surface area (Å²) in [5.41, 5.74) is 6.41. The Balaban J connectivity index is 2.09. The van der Waals surface area contributed by atoms with Gasteiger partial charge in [-0.25, -0.2) is 8.42 Å². The molecule has 6 nitrogen and oxygen atoms in total. The summed E-state index contributed by atoms with van der Waals surface area (Å²) in [5, 5.41) is 2.79. The average molecular weight is 361 g/mol. The van der Waals surface area contributed by atoms with Gasteiger partial charge in [-0.05, 0) is 55.8 Å². The predicted octanol–water partition coefficient (Wildman–Crippen LogP) is 1.98. The molecule has 1 amide bonds. The van der Waals surface area contributed by atoms with Crippen LogP contribution < -0.4 is 15.4 Å². The monoisotopic (exact) mass is 361 g/mol. The number of para-hydroxylation sites is 1. The fraction of sp³-hybridized carbons (Fsp3) is 0.278. The predicted molar refractivity (Wildman–Crippen MR) is 99.1 cm³/mol. The highest BCUT2D eigenvalue weighted by Gasteiger charge is 2.21. The van der Waals surface area contributed by atoms with Crippen molar-refractivity contribution in [1.29, 1.82) is 0 Å². The van der Waals surface area contributed by atoms with Crippen LogP contribution in [0, 0.1) is 0 Å². The van der Waals surface area contributed by atoms with E-state index in [4.69, 9.17) is 5.73 Å². The Morgan fingerprint density at radius 2 is 1.68 bits per heavy atom. The molecule has 0 aliphatic carbocycles. The van der Waals surface area contributed by atoms with E-state index in [2.05, 4.69) is 5.32 Å². The van der Waals surface area contributed by atoms with Gasteiger partial charge in [0.15, 0.2) is 0 Å². The molecule has 0 atom stereocenters. The van der Waals surface area contributed by atoms with Gasteiger partial charge in [0, 0.05) is 19.2 Å². The molecular weight excluding hydrogens is 338 g/mol. The first kappa shape index (κ1) is 19.0. The fourth-order valence-electron chi connectivity index (χ4n) is 2.29. The Morgan fingerprint density at radius 1 is 1.04 bits per heavy atom. The van der Waals surface area contributed by atoms with Crippen molar-refractivity contribution in [3.05, 3.63) is 60.2 Å². The first-order valence-corrected chi connectivity index (χ1v) is 9.53. The first-order valence-electron chi connectivity index (χ1n) is 8.09. The lowest BCUT2D eigenvalue weighted by Crippen LogP contribution is -2.27. The number of nitrogens with one attached hydrogen (secondary N) is 1. The van der Waals surface area contributed by atoms with Crippen molar-refractivity contribution in [2.45, 2.75) is 17.7 Å². The minimum atomic E-state index is -3.67. The number of carbonyl (C=O) groups is 1. The van der Waals surface area contributed by atoms with Crippen LogP contribution in [0.15, 0.2) is 59.5 Å². The van der Waals surface area contributed by atoms with Crippen LogP contribution in [0.2, 0.25) is 0 Å². The number of benzene rings is 2. The van der Waals surface area contributed by atoms with E-state index in [1.165, 1.54) is 35.6 Å². The van der Waals surface area contributed by atoms with Crippen LogP contribution in [0.5, 0.6) is 0 Å². The molecule has 2 aromatic carbocycles. The molecule has 25 heavy (non-hydrogen) atoms. The van der Waals surface area contributed by atoms with Crippen molar-refractivity contribution >= 4 is 21.6 Å². The molecule has 0 spiro atoms. The maximum absolute atomic E-state index is 12.7. The van der Waals surface area contributed by atoms with Crippen LogP contribution >= 0.6 is 0 Å². The zero-order valence-electron chi connectivity index (χ0n) is 14.2. The number of nitrogens with zero attached hydrogens (tertiary/aromatic N) is 1. The summed E-state index contributed by atoms with van der Waals surface area (Å²) in [5.74, 6) is -0.225. The van der Waals surface area contributed by atoms with Gasteiger partial charge in [-0.15, -0.1) is 0 Å². The van der Waals surface area contributed by atoms with Crippen molar-refractivity contribution < 1.29 is 13.2 Å². The van der Waals surface area contributed by atoms with Gasteiger partial charge in [-0.2, -0.15) is 0 Å². The standard InChI is InChI=1S/C18H23N3O3S/c1-21(16-7-3-2-4-8-16)25(23,24)17-11-9-15(10-12-17)18(22)20-14-6-5-13-19/h2-4,7-12H,5-6,13-14,19H2,1H3,(H,20,22). The minimum Gasteiger partial charge on any atom is -0.352 e. The smallest absolute Gasteiger partial charge is 0.264 e. The van der Waals surface area contributed by atoms with Gasteiger partial charge in [0.25, 0.3) is 15.9 Å². The molecule has 0 bridgehead atoms. The van der Waals surface area contributed by atoms with Crippen molar-refractivity contribution in [3.63, 3.8) is 0 Å². The van der Waals surface area contributed by atoms with Gasteiger partial charge in [-0.3, -0.25) is 9.10 Å². The number of amides is 1. The number of unbranched alkanes of at least 4 members (excludes halogenated alkanes) is 1. The normalized spacial score (nSPS) is 11.1. The zero-order valence-corrected chi connectivity index (χ0v) is 15.0. The van der Waals surface area contributed by atoms with Gasteiger partial charge >= 0.3 is 0 Å². The van der Waals surface area contributed by atoms with E-state index in [0.717, 1.165) is 12.8 Å². The molecule has 0 fully saturated rings. The van der Waals surface area contributed by atoms with Gasteiger partial charge < -0.3 is 11.1 Å². The Labute approximate surface area is 148 Å². The van der Waals surface area contributed by atoms with Crippen molar-refractivity contribution in [3.8, 4) is 0 Å². The quantitative estimate of drug-likeness (QED) is 0.703. The van der Waals surface area contributed by atoms with Crippen LogP contribution in [0.4, 0.5) is 5.69 Å². The highest BCUT2D eigenvalue weighted by atomic mass is 32.2. The maximum Gasteiger partial charge on any atom is 0.264 e. The van der Waals surface area contributed by atoms with Gasteiger partial charge in [0.2, 0.25) is 0 Å². The second kappa shape index (κ2) is 8.64. The summed E-state index contributed by atoms with van der Waals surface area (Å²) in [6.45, 7) is 1.14. The molecule has 0 radical (unpaired) electrons. The third kappa shape index (κ3) is 4.80. The summed E-state index contributed by atoms with van der Waals surface area (Å²) < 4.78 is 26.6. The molecule has 0 aliphatic rings.